The summed E-state index contributed by atoms with van der Waals surface area (Å²) in [5.74, 6) is 2.20. The highest BCUT2D eigenvalue weighted by atomic mass is 35.5. The first-order chi connectivity index (χ1) is 16.0. The molecule has 0 atom stereocenters. The second kappa shape index (κ2) is 10.6. The van der Waals surface area contributed by atoms with Gasteiger partial charge in [0, 0.05) is 5.56 Å². The van der Waals surface area contributed by atoms with Crippen molar-refractivity contribution in [3.05, 3.63) is 69.9 Å². The molecule has 0 saturated heterocycles. The Morgan fingerprint density at radius 2 is 1.59 bits per heavy atom. The highest BCUT2D eigenvalue weighted by Gasteiger charge is 2.38. The van der Waals surface area contributed by atoms with Crippen LogP contribution in [0, 0.1) is 13.8 Å². The Bertz CT molecular complexity index is 1170. The number of hydrogen-bond donors (Lipinski definition) is 0. The molecular formula is C24H23Cl2F3N2O3. The summed E-state index contributed by atoms with van der Waals surface area (Å²) in [6, 6.07) is 11.6. The number of aryl methyl sites for hydroxylation is 1. The van der Waals surface area contributed by atoms with E-state index in [1.54, 1.807) is 50.2 Å². The highest BCUT2D eigenvalue weighted by Crippen LogP contribution is 2.38. The summed E-state index contributed by atoms with van der Waals surface area (Å²) >= 11 is 11.1. The number of benzene rings is 2. The van der Waals surface area contributed by atoms with E-state index >= 15 is 0 Å². The molecule has 3 rings (SSSR count). The van der Waals surface area contributed by atoms with Gasteiger partial charge < -0.3 is 14.2 Å². The third-order valence-corrected chi connectivity index (χ3v) is 5.06. The molecule has 1 aromatic heterocycles. The number of hydrogen-bond acceptors (Lipinski definition) is 4. The lowest BCUT2D eigenvalue weighted by Crippen LogP contribution is -2.10. The van der Waals surface area contributed by atoms with E-state index in [0.717, 1.165) is 5.56 Å². The van der Waals surface area contributed by atoms with E-state index in [2.05, 4.69) is 5.10 Å². The summed E-state index contributed by atoms with van der Waals surface area (Å²) in [6.45, 7) is 6.93. The average molecular weight is 515 g/mol. The zero-order valence-corrected chi connectivity index (χ0v) is 20.4. The summed E-state index contributed by atoms with van der Waals surface area (Å²) < 4.78 is 58.5. The zero-order valence-electron chi connectivity index (χ0n) is 18.9. The van der Waals surface area contributed by atoms with Crippen LogP contribution in [-0.4, -0.2) is 16.4 Å². The Labute approximate surface area is 205 Å². The molecule has 0 saturated carbocycles. The fourth-order valence-electron chi connectivity index (χ4n) is 3.09. The predicted octanol–water partition coefficient (Wildman–Crippen LogP) is 8.38. The van der Waals surface area contributed by atoms with Crippen LogP contribution in [0.15, 0.2) is 53.0 Å². The van der Waals surface area contributed by atoms with Crippen LogP contribution in [0.1, 0.15) is 36.7 Å². The fourth-order valence-corrected chi connectivity index (χ4v) is 3.21. The third kappa shape index (κ3) is 6.39. The van der Waals surface area contributed by atoms with E-state index in [4.69, 9.17) is 37.4 Å². The molecule has 34 heavy (non-hydrogen) atoms. The van der Waals surface area contributed by atoms with Crippen molar-refractivity contribution in [2.75, 3.05) is 6.61 Å². The van der Waals surface area contributed by atoms with Crippen molar-refractivity contribution in [2.45, 2.75) is 39.9 Å². The molecule has 2 aromatic carbocycles. The average Bonchev–Trinajstić information content (AvgIpc) is 3.08. The van der Waals surface area contributed by atoms with Gasteiger partial charge in [-0.25, -0.2) is 4.68 Å². The first kappa shape index (κ1) is 25.8. The van der Waals surface area contributed by atoms with Gasteiger partial charge in [0.15, 0.2) is 5.69 Å². The van der Waals surface area contributed by atoms with E-state index in [1.165, 1.54) is 17.7 Å². The lowest BCUT2D eigenvalue weighted by Gasteiger charge is -2.14. The van der Waals surface area contributed by atoms with Gasteiger partial charge in [0.25, 0.3) is 0 Å². The van der Waals surface area contributed by atoms with Gasteiger partial charge in [-0.2, -0.15) is 18.3 Å². The van der Waals surface area contributed by atoms with Crippen LogP contribution in [0.5, 0.6) is 28.9 Å². The van der Waals surface area contributed by atoms with Crippen molar-refractivity contribution < 1.29 is 27.4 Å². The van der Waals surface area contributed by atoms with Gasteiger partial charge in [-0.05, 0) is 81.8 Å². The van der Waals surface area contributed by atoms with Crippen LogP contribution in [0.4, 0.5) is 13.2 Å². The van der Waals surface area contributed by atoms with E-state index in [1.807, 2.05) is 13.0 Å². The molecule has 0 aliphatic rings. The van der Waals surface area contributed by atoms with Crippen molar-refractivity contribution in [3.63, 3.8) is 0 Å². The van der Waals surface area contributed by atoms with Crippen molar-refractivity contribution in [1.29, 1.82) is 0 Å². The molecule has 0 aliphatic carbocycles. The van der Waals surface area contributed by atoms with E-state index in [-0.39, 0.29) is 28.6 Å². The molecule has 0 aliphatic heterocycles. The molecule has 3 aromatic rings. The molecule has 182 valence electrons. The van der Waals surface area contributed by atoms with Gasteiger partial charge in [0.2, 0.25) is 5.88 Å². The minimum Gasteiger partial charge on any atom is -0.489 e. The quantitative estimate of drug-likeness (QED) is 0.302. The maximum absolute atomic E-state index is 13.3. The van der Waals surface area contributed by atoms with Crippen molar-refractivity contribution in [3.8, 4) is 28.9 Å². The van der Waals surface area contributed by atoms with Gasteiger partial charge in [-0.3, -0.25) is 0 Å². The number of halogens is 5. The first-order valence-electron chi connectivity index (χ1n) is 10.3. The summed E-state index contributed by atoms with van der Waals surface area (Å²) in [5.41, 5.74) is -0.181. The third-order valence-electron chi connectivity index (χ3n) is 4.75. The number of alkyl halides is 3. The molecule has 0 fully saturated rings. The SMILES string of the molecule is Cc1cc(OCC=C(Cl)Cl)ccc1Oc1ccc(Oc2c(C)c(C(F)(F)F)nn2C(C)C)cc1. The lowest BCUT2D eigenvalue weighted by molar-refractivity contribution is -0.142. The lowest BCUT2D eigenvalue weighted by atomic mass is 10.2. The molecule has 5 nitrogen and oxygen atoms in total. The van der Waals surface area contributed by atoms with Gasteiger partial charge >= 0.3 is 6.18 Å². The van der Waals surface area contributed by atoms with Gasteiger partial charge in [-0.15, -0.1) is 0 Å². The van der Waals surface area contributed by atoms with Crippen LogP contribution in [0.25, 0.3) is 0 Å². The molecule has 0 N–H and O–H groups in total. The van der Waals surface area contributed by atoms with Crippen LogP contribution < -0.4 is 14.2 Å². The van der Waals surface area contributed by atoms with Crippen molar-refractivity contribution in [1.82, 2.24) is 9.78 Å². The van der Waals surface area contributed by atoms with E-state index < -0.39 is 11.9 Å². The molecule has 1 heterocycles. The van der Waals surface area contributed by atoms with Crippen molar-refractivity contribution in [2.24, 2.45) is 0 Å². The monoisotopic (exact) mass is 514 g/mol. The Morgan fingerprint density at radius 3 is 2.12 bits per heavy atom. The number of aromatic nitrogens is 2. The summed E-state index contributed by atoms with van der Waals surface area (Å²) in [6.07, 6.45) is -3.03. The topological polar surface area (TPSA) is 45.5 Å². The second-order valence-corrected chi connectivity index (χ2v) is 8.73. The predicted molar refractivity (Wildman–Crippen MR) is 125 cm³/mol. The molecule has 0 radical (unpaired) electrons. The Morgan fingerprint density at radius 1 is 1.00 bits per heavy atom. The van der Waals surface area contributed by atoms with Gasteiger partial charge in [0.1, 0.15) is 34.1 Å². The summed E-state index contributed by atoms with van der Waals surface area (Å²) in [5, 5.41) is 3.71. The first-order valence-corrected chi connectivity index (χ1v) is 11.1. The normalized spacial score (nSPS) is 11.5. The Hall–Kier alpha value is -2.84. The van der Waals surface area contributed by atoms with Gasteiger partial charge in [-0.1, -0.05) is 23.2 Å². The highest BCUT2D eigenvalue weighted by molar-refractivity contribution is 6.55. The minimum atomic E-state index is -4.56. The van der Waals surface area contributed by atoms with Crippen molar-refractivity contribution >= 4 is 23.2 Å². The maximum atomic E-state index is 13.3. The Balaban J connectivity index is 1.73. The van der Waals surface area contributed by atoms with Gasteiger partial charge in [0.05, 0.1) is 6.04 Å². The maximum Gasteiger partial charge on any atom is 0.435 e. The van der Waals surface area contributed by atoms with Crippen LogP contribution in [0.2, 0.25) is 0 Å². The number of ether oxygens (including phenoxy) is 3. The molecule has 0 unspecified atom stereocenters. The zero-order chi connectivity index (χ0) is 25.0. The second-order valence-electron chi connectivity index (χ2n) is 7.72. The van der Waals surface area contributed by atoms with Crippen LogP contribution in [-0.2, 0) is 6.18 Å². The molecular weight excluding hydrogens is 492 g/mol. The molecule has 10 heteroatoms. The van der Waals surface area contributed by atoms with Crippen LogP contribution >= 0.6 is 23.2 Å². The fraction of sp³-hybridized carbons (Fsp3) is 0.292. The van der Waals surface area contributed by atoms with E-state index in [0.29, 0.717) is 23.0 Å². The molecule has 0 spiro atoms. The summed E-state index contributed by atoms with van der Waals surface area (Å²) in [7, 11) is 0. The summed E-state index contributed by atoms with van der Waals surface area (Å²) in [4.78, 5) is 0. The molecule has 0 bridgehead atoms. The standard InChI is InChI=1S/C24H23Cl2F3N2O3/c1-14(2)31-23(16(4)22(30-31)24(27,28)29)34-18-7-5-17(6-8-18)33-20-10-9-19(13-15(20)3)32-12-11-21(25)26/h5-11,13-14H,12H2,1-4H3. The number of rotatable bonds is 8. The largest absolute Gasteiger partial charge is 0.489 e. The number of nitrogens with zero attached hydrogens (tertiary/aromatic N) is 2. The van der Waals surface area contributed by atoms with Crippen LogP contribution in [0.3, 0.4) is 0 Å². The van der Waals surface area contributed by atoms with E-state index in [9.17, 15) is 13.2 Å². The Kier molecular flexibility index (Phi) is 8.05. The molecule has 0 amide bonds. The smallest absolute Gasteiger partial charge is 0.435 e. The minimum absolute atomic E-state index is 0.0488.